The monoisotopic (exact) mass is 393 g/mol. The first-order valence-corrected chi connectivity index (χ1v) is 10.4. The molecule has 1 aliphatic rings. The van der Waals surface area contributed by atoms with Gasteiger partial charge in [-0.2, -0.15) is 0 Å². The van der Waals surface area contributed by atoms with Crippen LogP contribution >= 0.6 is 11.6 Å². The molecule has 1 saturated heterocycles. The lowest BCUT2D eigenvalue weighted by atomic mass is 10.0. The first-order chi connectivity index (χ1) is 13.0. The molecule has 1 aliphatic heterocycles. The number of aryl methyl sites for hydroxylation is 1. The molecule has 1 aromatic carbocycles. The molecule has 27 heavy (non-hydrogen) atoms. The van der Waals surface area contributed by atoms with Crippen molar-refractivity contribution in [2.24, 2.45) is 0 Å². The fourth-order valence-corrected chi connectivity index (χ4v) is 4.06. The molecular weight excluding hydrogens is 362 g/mol. The van der Waals surface area contributed by atoms with Crippen LogP contribution in [0.15, 0.2) is 36.4 Å². The Balaban J connectivity index is 1.73. The van der Waals surface area contributed by atoms with Gasteiger partial charge in [0.2, 0.25) is 0 Å². The Kier molecular flexibility index (Phi) is 9.32. The second-order valence-corrected chi connectivity index (χ2v) is 8.10. The van der Waals surface area contributed by atoms with E-state index in [0.29, 0.717) is 18.9 Å². The Morgan fingerprint density at radius 2 is 2.22 bits per heavy atom. The Morgan fingerprint density at radius 1 is 1.41 bits per heavy atom. The van der Waals surface area contributed by atoms with Crippen molar-refractivity contribution >= 4 is 17.6 Å². The van der Waals surface area contributed by atoms with Gasteiger partial charge < -0.3 is 10.2 Å². The van der Waals surface area contributed by atoms with E-state index in [2.05, 4.69) is 42.2 Å². The molecule has 3 atom stereocenters. The molecule has 1 heterocycles. The Bertz CT molecular complexity index is 619. The van der Waals surface area contributed by atoms with Gasteiger partial charge in [0.05, 0.1) is 11.5 Å². The molecular formula is C22H32ClNO3. The van der Waals surface area contributed by atoms with Crippen LogP contribution in [0.25, 0.3) is 0 Å². The number of carboxylic acid groups (broad SMARTS) is 1. The van der Waals surface area contributed by atoms with E-state index in [1.165, 1.54) is 11.1 Å². The van der Waals surface area contributed by atoms with Crippen molar-refractivity contribution in [3.63, 3.8) is 0 Å². The van der Waals surface area contributed by atoms with Gasteiger partial charge in [-0.05, 0) is 57.6 Å². The van der Waals surface area contributed by atoms with Crippen molar-refractivity contribution in [1.29, 1.82) is 0 Å². The molecule has 150 valence electrons. The highest BCUT2D eigenvalue weighted by atomic mass is 35.5. The lowest BCUT2D eigenvalue weighted by Crippen LogP contribution is -2.35. The average molecular weight is 394 g/mol. The number of benzene rings is 1. The SMILES string of the molecule is Cc1cccc(CC(O)CCN2CC[C@@H](Cl)[C@@H]2CC=CCCCC(=O)O)c1. The summed E-state index contributed by atoms with van der Waals surface area (Å²) in [4.78, 5) is 12.9. The Morgan fingerprint density at radius 3 is 2.96 bits per heavy atom. The smallest absolute Gasteiger partial charge is 0.303 e. The van der Waals surface area contributed by atoms with E-state index < -0.39 is 5.97 Å². The number of rotatable bonds is 11. The number of likely N-dealkylation sites (tertiary alicyclic amines) is 1. The summed E-state index contributed by atoms with van der Waals surface area (Å²) in [6.45, 7) is 3.90. The van der Waals surface area contributed by atoms with Crippen LogP contribution in [0.2, 0.25) is 0 Å². The highest BCUT2D eigenvalue weighted by molar-refractivity contribution is 6.21. The van der Waals surface area contributed by atoms with Crippen LogP contribution in [0.3, 0.4) is 0 Å². The number of carboxylic acids is 1. The van der Waals surface area contributed by atoms with Crippen molar-refractivity contribution in [3.8, 4) is 0 Å². The molecule has 0 aromatic heterocycles. The maximum Gasteiger partial charge on any atom is 0.303 e. The number of aliphatic hydroxyl groups excluding tert-OH is 1. The van der Waals surface area contributed by atoms with Gasteiger partial charge in [0.15, 0.2) is 0 Å². The van der Waals surface area contributed by atoms with Gasteiger partial charge in [-0.1, -0.05) is 42.0 Å². The number of alkyl halides is 1. The van der Waals surface area contributed by atoms with Crippen LogP contribution in [0.1, 0.15) is 49.7 Å². The number of allylic oxidation sites excluding steroid dienone is 1. The third-order valence-electron chi connectivity index (χ3n) is 5.19. The van der Waals surface area contributed by atoms with Crippen molar-refractivity contribution < 1.29 is 15.0 Å². The maximum atomic E-state index is 10.5. The minimum atomic E-state index is -0.740. The first kappa shape index (κ1) is 21.9. The van der Waals surface area contributed by atoms with Gasteiger partial charge in [0.1, 0.15) is 0 Å². The molecule has 2 N–H and O–H groups in total. The predicted molar refractivity (Wildman–Crippen MR) is 110 cm³/mol. The lowest BCUT2D eigenvalue weighted by molar-refractivity contribution is -0.137. The van der Waals surface area contributed by atoms with E-state index in [9.17, 15) is 9.90 Å². The quantitative estimate of drug-likeness (QED) is 0.336. The standard InChI is InChI=1S/C22H32ClNO3/c1-17-7-6-8-18(15-17)16-19(25)11-13-24-14-12-20(23)21(24)9-4-2-3-5-10-22(26)27/h2,4,6-8,15,19-21,25H,3,5,9-14,16H2,1H3,(H,26,27)/t19?,20-,21+/m1/s1. The topological polar surface area (TPSA) is 60.8 Å². The van der Waals surface area contributed by atoms with Gasteiger partial charge in [-0.25, -0.2) is 0 Å². The zero-order chi connectivity index (χ0) is 19.6. The molecule has 0 aliphatic carbocycles. The van der Waals surface area contributed by atoms with Crippen molar-refractivity contribution in [2.45, 2.75) is 69.4 Å². The summed E-state index contributed by atoms with van der Waals surface area (Å²) in [6, 6.07) is 8.61. The largest absolute Gasteiger partial charge is 0.481 e. The molecule has 1 aromatic rings. The second-order valence-electron chi connectivity index (χ2n) is 7.54. The van der Waals surface area contributed by atoms with Gasteiger partial charge in [0, 0.05) is 19.0 Å². The first-order valence-electron chi connectivity index (χ1n) is 9.94. The van der Waals surface area contributed by atoms with Crippen molar-refractivity contribution in [3.05, 3.63) is 47.5 Å². The highest BCUT2D eigenvalue weighted by Crippen LogP contribution is 2.26. The van der Waals surface area contributed by atoms with Crippen molar-refractivity contribution in [2.75, 3.05) is 13.1 Å². The summed E-state index contributed by atoms with van der Waals surface area (Å²) in [7, 11) is 0. The number of unbranched alkanes of at least 4 members (excludes halogenated alkanes) is 1. The minimum absolute atomic E-state index is 0.141. The maximum absolute atomic E-state index is 10.5. The average Bonchev–Trinajstić information content (AvgIpc) is 2.96. The number of nitrogens with zero attached hydrogens (tertiary/aromatic N) is 1. The minimum Gasteiger partial charge on any atom is -0.481 e. The molecule has 0 bridgehead atoms. The Labute approximate surface area is 167 Å². The molecule has 5 heteroatoms. The third-order valence-corrected chi connectivity index (χ3v) is 5.70. The van der Waals surface area contributed by atoms with E-state index in [0.717, 1.165) is 38.8 Å². The third kappa shape index (κ3) is 8.04. The van der Waals surface area contributed by atoms with Crippen molar-refractivity contribution in [1.82, 2.24) is 4.90 Å². The molecule has 0 saturated carbocycles. The fraction of sp³-hybridized carbons (Fsp3) is 0.591. The van der Waals surface area contributed by atoms with Crippen LogP contribution in [-0.4, -0.2) is 51.7 Å². The Hall–Kier alpha value is -1.36. The summed E-state index contributed by atoms with van der Waals surface area (Å²) in [5.41, 5.74) is 2.40. The number of halogens is 1. The van der Waals surface area contributed by atoms with E-state index in [1.807, 2.05) is 6.07 Å². The zero-order valence-electron chi connectivity index (χ0n) is 16.2. The summed E-state index contributed by atoms with van der Waals surface area (Å²) < 4.78 is 0. The van der Waals surface area contributed by atoms with Crippen LogP contribution in [0.5, 0.6) is 0 Å². The second kappa shape index (κ2) is 11.5. The summed E-state index contributed by atoms with van der Waals surface area (Å²) in [6.07, 6.45) is 8.84. The van der Waals surface area contributed by atoms with Crippen LogP contribution in [-0.2, 0) is 11.2 Å². The number of hydrogen-bond acceptors (Lipinski definition) is 3. The molecule has 1 unspecified atom stereocenters. The highest BCUT2D eigenvalue weighted by Gasteiger charge is 2.31. The molecule has 0 spiro atoms. The molecule has 1 fully saturated rings. The number of aliphatic carboxylic acids is 1. The normalized spacial score (nSPS) is 21.7. The summed E-state index contributed by atoms with van der Waals surface area (Å²) in [5, 5.41) is 19.2. The van der Waals surface area contributed by atoms with E-state index in [1.54, 1.807) is 0 Å². The number of carbonyl (C=O) groups is 1. The molecule has 0 radical (unpaired) electrons. The number of hydrogen-bond donors (Lipinski definition) is 2. The molecule has 0 amide bonds. The van der Waals surface area contributed by atoms with E-state index >= 15 is 0 Å². The summed E-state index contributed by atoms with van der Waals surface area (Å²) in [5.74, 6) is -0.740. The molecule has 2 rings (SSSR count). The lowest BCUT2D eigenvalue weighted by Gasteiger charge is -2.26. The van der Waals surface area contributed by atoms with E-state index in [-0.39, 0.29) is 17.9 Å². The van der Waals surface area contributed by atoms with Crippen LogP contribution < -0.4 is 0 Å². The van der Waals surface area contributed by atoms with Gasteiger partial charge in [-0.3, -0.25) is 9.69 Å². The fourth-order valence-electron chi connectivity index (χ4n) is 3.70. The molecule has 4 nitrogen and oxygen atoms in total. The zero-order valence-corrected chi connectivity index (χ0v) is 16.9. The van der Waals surface area contributed by atoms with Gasteiger partial charge in [-0.15, -0.1) is 11.6 Å². The van der Waals surface area contributed by atoms with E-state index in [4.69, 9.17) is 16.7 Å². The van der Waals surface area contributed by atoms with Crippen LogP contribution in [0, 0.1) is 6.92 Å². The van der Waals surface area contributed by atoms with Gasteiger partial charge in [0.25, 0.3) is 0 Å². The number of aliphatic hydroxyl groups is 1. The predicted octanol–water partition coefficient (Wildman–Crippen LogP) is 4.17. The van der Waals surface area contributed by atoms with Crippen LogP contribution in [0.4, 0.5) is 0 Å². The summed E-state index contributed by atoms with van der Waals surface area (Å²) >= 11 is 6.50. The van der Waals surface area contributed by atoms with Gasteiger partial charge >= 0.3 is 5.97 Å².